The van der Waals surface area contributed by atoms with E-state index in [9.17, 15) is 14.7 Å². The molecular weight excluding hydrogens is 508 g/mol. The summed E-state index contributed by atoms with van der Waals surface area (Å²) in [5.41, 5.74) is 1.95. The zero-order valence-electron chi connectivity index (χ0n) is 24.4. The maximum absolute atomic E-state index is 13.9. The van der Waals surface area contributed by atoms with Gasteiger partial charge in [0.05, 0.1) is 39.9 Å². The molecule has 2 atom stereocenters. The molecule has 2 aliphatic heterocycles. The summed E-state index contributed by atoms with van der Waals surface area (Å²) in [4.78, 5) is 29.6. The van der Waals surface area contributed by atoms with Crippen LogP contribution < -0.4 is 24.2 Å². The topological polar surface area (TPSA) is 92.6 Å². The van der Waals surface area contributed by atoms with E-state index in [1.54, 1.807) is 23.1 Å². The average molecular weight is 551 g/mol. The van der Waals surface area contributed by atoms with Crippen molar-refractivity contribution in [1.82, 2.24) is 4.90 Å². The molecule has 216 valence electrons. The number of ketones is 1. The number of amides is 1. The van der Waals surface area contributed by atoms with Crippen molar-refractivity contribution >= 4 is 17.4 Å². The van der Waals surface area contributed by atoms with Crippen molar-refractivity contribution in [3.63, 3.8) is 0 Å². The fourth-order valence-corrected chi connectivity index (χ4v) is 5.39. The zero-order chi connectivity index (χ0) is 28.8. The minimum Gasteiger partial charge on any atom is -0.872 e. The standard InChI is InChI=1S/C32H42N2O6/c1-6-8-9-17-39-26-14-11-22(20-27(26)38-7-2)29-28(31(36)32(37)34(29)16-10-15-33(4)5)30(35)23-12-13-25-24(19-23)18-21(3)40-25/h11-14,19-21,29,35H,6-10,15-18H2,1-5H3/b30-28+. The molecule has 8 nitrogen and oxygen atoms in total. The van der Waals surface area contributed by atoms with Gasteiger partial charge in [-0.15, -0.1) is 0 Å². The Hall–Kier alpha value is -3.52. The molecule has 40 heavy (non-hydrogen) atoms. The van der Waals surface area contributed by atoms with E-state index in [1.165, 1.54) is 4.90 Å². The highest BCUT2D eigenvalue weighted by molar-refractivity contribution is 6.46. The molecule has 0 radical (unpaired) electrons. The number of rotatable bonds is 13. The van der Waals surface area contributed by atoms with Crippen LogP contribution in [0.25, 0.3) is 5.76 Å². The smallest absolute Gasteiger partial charge is 0.295 e. The Labute approximate surface area is 237 Å². The highest BCUT2D eigenvalue weighted by Crippen LogP contribution is 2.42. The Kier molecular flexibility index (Phi) is 9.74. The molecule has 2 aromatic rings. The summed E-state index contributed by atoms with van der Waals surface area (Å²) in [5.74, 6) is 0.0952. The summed E-state index contributed by atoms with van der Waals surface area (Å²) in [6.45, 7) is 8.21. The van der Waals surface area contributed by atoms with Gasteiger partial charge in [0.25, 0.3) is 5.91 Å². The minimum atomic E-state index is -0.804. The molecule has 0 aliphatic carbocycles. The van der Waals surface area contributed by atoms with Crippen LogP contribution in [0.4, 0.5) is 0 Å². The monoisotopic (exact) mass is 550 g/mol. The van der Waals surface area contributed by atoms with Gasteiger partial charge in [-0.3, -0.25) is 9.59 Å². The first kappa shape index (κ1) is 29.5. The molecule has 1 amide bonds. The first-order valence-corrected chi connectivity index (χ1v) is 14.5. The summed E-state index contributed by atoms with van der Waals surface area (Å²) in [6.07, 6.45) is 4.53. The largest absolute Gasteiger partial charge is 0.872 e. The maximum atomic E-state index is 13.9. The number of benzene rings is 2. The van der Waals surface area contributed by atoms with Crippen LogP contribution in [-0.2, 0) is 16.0 Å². The molecule has 0 spiro atoms. The lowest BCUT2D eigenvalue weighted by Gasteiger charge is -2.28. The third kappa shape index (κ3) is 6.44. The lowest BCUT2D eigenvalue weighted by molar-refractivity contribution is -0.858. The maximum Gasteiger partial charge on any atom is 0.295 e. The van der Waals surface area contributed by atoms with Gasteiger partial charge in [-0.25, -0.2) is 0 Å². The number of hydrogen-bond donors (Lipinski definition) is 1. The minimum absolute atomic E-state index is 0.0202. The van der Waals surface area contributed by atoms with Gasteiger partial charge in [0.2, 0.25) is 5.78 Å². The number of fused-ring (bicyclic) bond motifs is 1. The highest BCUT2D eigenvalue weighted by atomic mass is 16.5. The number of ether oxygens (including phenoxy) is 3. The number of carbonyl (C=O) groups is 2. The Balaban J connectivity index is 1.76. The van der Waals surface area contributed by atoms with Crippen LogP contribution in [0.15, 0.2) is 42.0 Å². The van der Waals surface area contributed by atoms with E-state index in [0.717, 1.165) is 37.1 Å². The normalized spacial score (nSPS) is 19.7. The van der Waals surface area contributed by atoms with Gasteiger partial charge in [-0.2, -0.15) is 0 Å². The van der Waals surface area contributed by atoms with Gasteiger partial charge in [-0.05, 0) is 61.2 Å². The van der Waals surface area contributed by atoms with Crippen molar-refractivity contribution in [3.8, 4) is 17.2 Å². The van der Waals surface area contributed by atoms with Gasteiger partial charge in [0.1, 0.15) is 11.9 Å². The summed E-state index contributed by atoms with van der Waals surface area (Å²) < 4.78 is 17.7. The molecule has 0 saturated carbocycles. The predicted octanol–water partition coefficient (Wildman–Crippen LogP) is 2.74. The quantitative estimate of drug-likeness (QED) is 0.179. The molecule has 0 aromatic heterocycles. The van der Waals surface area contributed by atoms with Gasteiger partial charge >= 0.3 is 0 Å². The molecule has 0 bridgehead atoms. The van der Waals surface area contributed by atoms with Crippen molar-refractivity contribution in [2.75, 3.05) is 40.4 Å². The molecule has 1 N–H and O–H groups in total. The number of quaternary nitrogens is 1. The predicted molar refractivity (Wildman–Crippen MR) is 152 cm³/mol. The van der Waals surface area contributed by atoms with Crippen LogP contribution in [0.1, 0.15) is 69.2 Å². The van der Waals surface area contributed by atoms with Gasteiger partial charge < -0.3 is 29.1 Å². The summed E-state index contributed by atoms with van der Waals surface area (Å²) in [5, 5.41) is 13.9. The molecule has 8 heteroatoms. The van der Waals surface area contributed by atoms with Crippen LogP contribution in [0.3, 0.4) is 0 Å². The van der Waals surface area contributed by atoms with Gasteiger partial charge in [0, 0.05) is 25.0 Å². The van der Waals surface area contributed by atoms with Crippen LogP contribution >= 0.6 is 0 Å². The second-order valence-electron chi connectivity index (χ2n) is 10.9. The molecule has 2 aromatic carbocycles. The van der Waals surface area contributed by atoms with E-state index in [1.807, 2.05) is 46.1 Å². The number of likely N-dealkylation sites (tertiary alicyclic amines) is 1. The molecule has 1 fully saturated rings. The van der Waals surface area contributed by atoms with Crippen molar-refractivity contribution in [1.29, 1.82) is 0 Å². The molecule has 2 heterocycles. The number of carbonyl (C=O) groups excluding carboxylic acids is 2. The van der Waals surface area contributed by atoms with E-state index in [-0.39, 0.29) is 11.7 Å². The lowest BCUT2D eigenvalue weighted by Crippen LogP contribution is -3.05. The Morgan fingerprint density at radius 2 is 1.85 bits per heavy atom. The first-order valence-electron chi connectivity index (χ1n) is 14.5. The Morgan fingerprint density at radius 3 is 2.58 bits per heavy atom. The highest BCUT2D eigenvalue weighted by Gasteiger charge is 2.44. The fraction of sp³-hybridized carbons (Fsp3) is 0.500. The number of nitrogens with one attached hydrogen (secondary N) is 1. The summed E-state index contributed by atoms with van der Waals surface area (Å²) >= 11 is 0. The van der Waals surface area contributed by atoms with Crippen molar-refractivity contribution in [3.05, 3.63) is 58.7 Å². The second kappa shape index (κ2) is 13.2. The SMILES string of the molecule is CCCCCOc1ccc(C2/C(=C(\[O-])c3ccc4c(c3)CC(C)O4)C(=O)C(=O)N2CCC[NH+](C)C)cc1OCC. The number of nitrogens with zero attached hydrogens (tertiary/aromatic N) is 1. The number of hydrogen-bond acceptors (Lipinski definition) is 6. The van der Waals surface area contributed by atoms with Crippen LogP contribution in [0, 0.1) is 0 Å². The third-order valence-corrected chi connectivity index (χ3v) is 7.35. The summed E-state index contributed by atoms with van der Waals surface area (Å²) in [7, 11) is 4.09. The van der Waals surface area contributed by atoms with E-state index < -0.39 is 23.5 Å². The lowest BCUT2D eigenvalue weighted by atomic mass is 9.94. The second-order valence-corrected chi connectivity index (χ2v) is 10.9. The van der Waals surface area contributed by atoms with Gasteiger partial charge in [0.15, 0.2) is 11.5 Å². The summed E-state index contributed by atoms with van der Waals surface area (Å²) in [6, 6.07) is 9.91. The first-order chi connectivity index (χ1) is 19.2. The van der Waals surface area contributed by atoms with Gasteiger partial charge in [-0.1, -0.05) is 37.7 Å². The van der Waals surface area contributed by atoms with Crippen molar-refractivity contribution < 1.29 is 33.8 Å². The fourth-order valence-electron chi connectivity index (χ4n) is 5.39. The van der Waals surface area contributed by atoms with E-state index in [2.05, 4.69) is 6.92 Å². The molecule has 2 unspecified atom stereocenters. The molecule has 4 rings (SSSR count). The molecular formula is C32H42N2O6. The third-order valence-electron chi connectivity index (χ3n) is 7.35. The molecule has 1 saturated heterocycles. The number of unbranched alkanes of at least 4 members (excludes halogenated alkanes) is 2. The Morgan fingerprint density at radius 1 is 1.05 bits per heavy atom. The van der Waals surface area contributed by atoms with E-state index in [4.69, 9.17) is 14.2 Å². The number of Topliss-reactive ketones (excluding diaryl/α,β-unsaturated/α-hetero) is 1. The van der Waals surface area contributed by atoms with E-state index in [0.29, 0.717) is 55.2 Å². The zero-order valence-corrected chi connectivity index (χ0v) is 24.4. The van der Waals surface area contributed by atoms with Crippen LogP contribution in [-0.4, -0.2) is 63.1 Å². The average Bonchev–Trinajstić information content (AvgIpc) is 3.42. The Bertz CT molecular complexity index is 1250. The van der Waals surface area contributed by atoms with Crippen molar-refractivity contribution in [2.45, 2.75) is 65.0 Å². The van der Waals surface area contributed by atoms with Crippen LogP contribution in [0.5, 0.6) is 17.2 Å². The van der Waals surface area contributed by atoms with E-state index >= 15 is 0 Å². The van der Waals surface area contributed by atoms with Crippen molar-refractivity contribution in [2.24, 2.45) is 0 Å². The molecule has 2 aliphatic rings. The van der Waals surface area contributed by atoms with Crippen LogP contribution in [0.2, 0.25) is 0 Å².